The van der Waals surface area contributed by atoms with Gasteiger partial charge in [-0.3, -0.25) is 9.59 Å². The van der Waals surface area contributed by atoms with Gasteiger partial charge in [-0.05, 0) is 12.1 Å². The molecule has 0 amide bonds. The van der Waals surface area contributed by atoms with Crippen LogP contribution in [0.3, 0.4) is 0 Å². The molecule has 0 aromatic heterocycles. The number of aromatic hydroxyl groups is 2. The molecule has 0 aliphatic heterocycles. The third-order valence-corrected chi connectivity index (χ3v) is 3.04. The summed E-state index contributed by atoms with van der Waals surface area (Å²) < 4.78 is 0. The first-order valence-electron chi connectivity index (χ1n) is 5.34. The van der Waals surface area contributed by atoms with Gasteiger partial charge in [0.15, 0.2) is 23.1 Å². The number of fused-ring (bicyclic) bond motifs is 2. The zero-order valence-electron chi connectivity index (χ0n) is 11.2. The second-order valence-corrected chi connectivity index (χ2v) is 4.06. The first-order valence-corrected chi connectivity index (χ1v) is 5.34. The van der Waals surface area contributed by atoms with Crippen LogP contribution in [0.5, 0.6) is 11.5 Å². The third-order valence-electron chi connectivity index (χ3n) is 3.04. The van der Waals surface area contributed by atoms with E-state index in [4.69, 9.17) is 0 Å². The Balaban J connectivity index is 0.000001000. The minimum atomic E-state index is -0.541. The van der Waals surface area contributed by atoms with E-state index in [1.807, 2.05) is 0 Å². The van der Waals surface area contributed by atoms with E-state index in [9.17, 15) is 19.8 Å². The van der Waals surface area contributed by atoms with E-state index < -0.39 is 17.3 Å². The van der Waals surface area contributed by atoms with E-state index >= 15 is 0 Å². The van der Waals surface area contributed by atoms with Gasteiger partial charge in [0, 0.05) is 16.7 Å². The van der Waals surface area contributed by atoms with Crippen LogP contribution in [0.25, 0.3) is 0 Å². The number of carbonyl (C=O) groups is 2. The Labute approximate surface area is 132 Å². The van der Waals surface area contributed by atoms with Crippen molar-refractivity contribution >= 4 is 11.6 Å². The molecule has 0 radical (unpaired) electrons. The normalized spacial score (nSPS) is 12.4. The summed E-state index contributed by atoms with van der Waals surface area (Å²) in [6, 6.07) is 8.97. The van der Waals surface area contributed by atoms with Crippen LogP contribution in [0.1, 0.15) is 33.3 Å². The summed E-state index contributed by atoms with van der Waals surface area (Å²) in [5, 5.41) is 19.1. The molecular weight excluding hydrogens is 255 g/mol. The molecule has 19 heavy (non-hydrogen) atoms. The van der Waals surface area contributed by atoms with E-state index in [1.54, 1.807) is 18.2 Å². The molecule has 1 aliphatic rings. The van der Waals surface area contributed by atoms with Crippen LogP contribution in [-0.2, 0) is 0 Å². The molecule has 90 valence electrons. The predicted octanol–water partition coefficient (Wildman–Crippen LogP) is -1.01. The van der Waals surface area contributed by atoms with Gasteiger partial charge in [0.2, 0.25) is 0 Å². The van der Waals surface area contributed by atoms with Crippen molar-refractivity contribution in [2.45, 2.75) is 0 Å². The number of hydrogen-bond donors (Lipinski definition) is 2. The number of phenolic OH excluding ortho intramolecular Hbond substituents is 2. The van der Waals surface area contributed by atoms with Crippen molar-refractivity contribution in [3.05, 3.63) is 58.7 Å². The Morgan fingerprint density at radius 3 is 2.00 bits per heavy atom. The Morgan fingerprint density at radius 1 is 0.789 bits per heavy atom. The summed E-state index contributed by atoms with van der Waals surface area (Å²) in [6.07, 6.45) is 0. The average molecular weight is 264 g/mol. The van der Waals surface area contributed by atoms with Crippen LogP contribution in [0.4, 0.5) is 0 Å². The van der Waals surface area contributed by atoms with Crippen LogP contribution in [0.15, 0.2) is 36.4 Å². The molecular formula is C14H9NaO4. The fourth-order valence-electron chi connectivity index (χ4n) is 2.16. The minimum absolute atomic E-state index is 0. The summed E-state index contributed by atoms with van der Waals surface area (Å²) in [4.78, 5) is 24.4. The molecule has 2 aromatic carbocycles. The maximum Gasteiger partial charge on any atom is 1.00 e. The summed E-state index contributed by atoms with van der Waals surface area (Å²) in [5.41, 5.74) is 0.559. The summed E-state index contributed by atoms with van der Waals surface area (Å²) in [5.74, 6) is -1.72. The average Bonchev–Trinajstić information content (AvgIpc) is 2.39. The van der Waals surface area contributed by atoms with Gasteiger partial charge in [-0.25, -0.2) is 0 Å². The SMILES string of the molecule is O=C1c2ccccc2C(=O)c2c1ccc(O)c2O.[H-].[Na+]. The molecule has 0 bridgehead atoms. The largest absolute Gasteiger partial charge is 1.00 e. The molecule has 0 spiro atoms. The number of benzene rings is 2. The first kappa shape index (κ1) is 13.8. The third kappa shape index (κ3) is 1.89. The van der Waals surface area contributed by atoms with Gasteiger partial charge in [-0.1, -0.05) is 24.3 Å². The topological polar surface area (TPSA) is 74.6 Å². The predicted molar refractivity (Wildman–Crippen MR) is 64.2 cm³/mol. The van der Waals surface area contributed by atoms with Crippen LogP contribution in [-0.4, -0.2) is 21.8 Å². The summed E-state index contributed by atoms with van der Waals surface area (Å²) >= 11 is 0. The molecule has 4 nitrogen and oxygen atoms in total. The standard InChI is InChI=1S/C14H8O4.Na.H/c15-10-6-5-9-11(14(10)18)13(17)8-4-2-1-3-7(8)12(9)16;;/h1-6,15,18H;;/q;+1;-1. The van der Waals surface area contributed by atoms with Gasteiger partial charge in [-0.2, -0.15) is 0 Å². The number of rotatable bonds is 0. The molecule has 0 saturated heterocycles. The number of carbonyl (C=O) groups excluding carboxylic acids is 2. The maximum absolute atomic E-state index is 12.2. The van der Waals surface area contributed by atoms with Gasteiger partial charge >= 0.3 is 29.6 Å². The van der Waals surface area contributed by atoms with Crippen LogP contribution in [0.2, 0.25) is 0 Å². The zero-order valence-corrected chi connectivity index (χ0v) is 12.2. The van der Waals surface area contributed by atoms with Gasteiger partial charge in [0.1, 0.15) is 0 Å². The van der Waals surface area contributed by atoms with Crippen LogP contribution in [0, 0.1) is 0 Å². The van der Waals surface area contributed by atoms with Crippen molar-refractivity contribution in [2.24, 2.45) is 0 Å². The van der Waals surface area contributed by atoms with Gasteiger partial charge in [0.25, 0.3) is 0 Å². The van der Waals surface area contributed by atoms with Crippen LogP contribution >= 0.6 is 0 Å². The van der Waals surface area contributed by atoms with Crippen molar-refractivity contribution < 1.29 is 50.8 Å². The molecule has 2 N–H and O–H groups in total. The Kier molecular flexibility index (Phi) is 3.49. The van der Waals surface area contributed by atoms with E-state index in [0.717, 1.165) is 0 Å². The van der Waals surface area contributed by atoms with E-state index in [2.05, 4.69) is 0 Å². The first-order chi connectivity index (χ1) is 8.61. The second kappa shape index (κ2) is 4.81. The molecule has 3 rings (SSSR count). The Hall–Kier alpha value is -1.62. The Bertz CT molecular complexity index is 712. The smallest absolute Gasteiger partial charge is 1.00 e. The van der Waals surface area contributed by atoms with Gasteiger partial charge < -0.3 is 11.6 Å². The van der Waals surface area contributed by atoms with E-state index in [1.165, 1.54) is 18.2 Å². The number of ketones is 2. The van der Waals surface area contributed by atoms with E-state index in [0.29, 0.717) is 5.56 Å². The Morgan fingerprint density at radius 2 is 1.37 bits per heavy atom. The fraction of sp³-hybridized carbons (Fsp3) is 0. The molecule has 0 unspecified atom stereocenters. The fourth-order valence-corrected chi connectivity index (χ4v) is 2.16. The van der Waals surface area contributed by atoms with Crippen molar-refractivity contribution in [1.82, 2.24) is 0 Å². The molecule has 0 fully saturated rings. The quantitative estimate of drug-likeness (QED) is 0.403. The number of hydrogen-bond acceptors (Lipinski definition) is 4. The molecule has 0 heterocycles. The molecule has 0 atom stereocenters. The van der Waals surface area contributed by atoms with Crippen molar-refractivity contribution in [2.75, 3.05) is 0 Å². The number of phenols is 2. The van der Waals surface area contributed by atoms with Crippen molar-refractivity contribution in [3.63, 3.8) is 0 Å². The minimum Gasteiger partial charge on any atom is -1.00 e. The monoisotopic (exact) mass is 264 g/mol. The molecule has 5 heteroatoms. The maximum atomic E-state index is 12.2. The van der Waals surface area contributed by atoms with Crippen molar-refractivity contribution in [3.8, 4) is 11.5 Å². The van der Waals surface area contributed by atoms with Gasteiger partial charge in [-0.15, -0.1) is 0 Å². The zero-order chi connectivity index (χ0) is 12.9. The molecule has 2 aromatic rings. The summed E-state index contributed by atoms with van der Waals surface area (Å²) in [6.45, 7) is 0. The summed E-state index contributed by atoms with van der Waals surface area (Å²) in [7, 11) is 0. The van der Waals surface area contributed by atoms with E-state index in [-0.39, 0.29) is 53.5 Å². The molecule has 0 saturated carbocycles. The van der Waals surface area contributed by atoms with Gasteiger partial charge in [0.05, 0.1) is 5.56 Å². The second-order valence-electron chi connectivity index (χ2n) is 4.06. The van der Waals surface area contributed by atoms with Crippen molar-refractivity contribution in [1.29, 1.82) is 0 Å². The van der Waals surface area contributed by atoms with Crippen LogP contribution < -0.4 is 29.6 Å². The molecule has 1 aliphatic carbocycles.